The lowest BCUT2D eigenvalue weighted by Crippen LogP contribution is -2.04. The number of hydrogen-bond acceptors (Lipinski definition) is 8. The molecule has 8 nitrogen and oxygen atoms in total. The molecule has 182 valence electrons. The summed E-state index contributed by atoms with van der Waals surface area (Å²) >= 11 is 1.49. The zero-order valence-electron chi connectivity index (χ0n) is 20.0. The molecule has 0 saturated carbocycles. The van der Waals surface area contributed by atoms with Gasteiger partial charge in [0.15, 0.2) is 5.16 Å². The van der Waals surface area contributed by atoms with Gasteiger partial charge in [-0.3, -0.25) is 4.57 Å². The fraction of sp³-hybridized carbons (Fsp3) is 0.185. The molecule has 9 heteroatoms. The highest BCUT2D eigenvalue weighted by molar-refractivity contribution is 7.98. The molecule has 0 aliphatic heterocycles. The third-order valence-electron chi connectivity index (χ3n) is 5.46. The van der Waals surface area contributed by atoms with Gasteiger partial charge in [-0.25, -0.2) is 0 Å². The number of methoxy groups -OCH3 is 1. The Balaban J connectivity index is 1.40. The number of thioether (sulfide) groups is 1. The average Bonchev–Trinajstić information content (AvgIpc) is 3.56. The van der Waals surface area contributed by atoms with Gasteiger partial charge >= 0.3 is 0 Å². The fourth-order valence-corrected chi connectivity index (χ4v) is 4.57. The van der Waals surface area contributed by atoms with Gasteiger partial charge in [0.05, 0.1) is 25.0 Å². The molecule has 0 spiro atoms. The van der Waals surface area contributed by atoms with Crippen LogP contribution in [-0.2, 0) is 12.2 Å². The highest BCUT2D eigenvalue weighted by Crippen LogP contribution is 2.30. The first-order valence-electron chi connectivity index (χ1n) is 11.6. The van der Waals surface area contributed by atoms with E-state index in [-0.39, 0.29) is 0 Å². The number of benzene rings is 3. The van der Waals surface area contributed by atoms with Gasteiger partial charge in [-0.2, -0.15) is 4.98 Å². The number of nitrogens with zero attached hydrogens (tertiary/aromatic N) is 5. The van der Waals surface area contributed by atoms with E-state index in [0.29, 0.717) is 30.5 Å². The van der Waals surface area contributed by atoms with E-state index < -0.39 is 0 Å². The predicted molar refractivity (Wildman–Crippen MR) is 138 cm³/mol. The number of hydrogen-bond donors (Lipinski definition) is 0. The van der Waals surface area contributed by atoms with Crippen molar-refractivity contribution in [2.45, 2.75) is 24.3 Å². The van der Waals surface area contributed by atoms with Crippen LogP contribution >= 0.6 is 11.8 Å². The van der Waals surface area contributed by atoms with Crippen molar-refractivity contribution in [3.05, 3.63) is 96.1 Å². The third kappa shape index (κ3) is 5.26. The Kier molecular flexibility index (Phi) is 7.28. The minimum Gasteiger partial charge on any atom is -0.497 e. The molecule has 2 aromatic heterocycles. The normalized spacial score (nSPS) is 10.9. The monoisotopic (exact) mass is 499 g/mol. The summed E-state index contributed by atoms with van der Waals surface area (Å²) in [4.78, 5) is 4.59. The standard InChI is InChI=1S/C27H25N5O3S/c1-3-34-23-12-8-7-11-22(23)26-28-25(35-31-26)18-36-27-30-29-24(17-19-9-5-4-6-10-19)32(27)20-13-15-21(33-2)16-14-20/h4-16H,3,17-18H2,1-2H3. The van der Waals surface area contributed by atoms with Crippen molar-refractivity contribution in [2.75, 3.05) is 13.7 Å². The van der Waals surface area contributed by atoms with Crippen molar-refractivity contribution >= 4 is 11.8 Å². The summed E-state index contributed by atoms with van der Waals surface area (Å²) in [5.41, 5.74) is 2.91. The molecule has 0 aliphatic carbocycles. The Labute approximate surface area is 213 Å². The molecule has 0 aliphatic rings. The molecule has 5 rings (SSSR count). The smallest absolute Gasteiger partial charge is 0.237 e. The molecule has 3 aromatic carbocycles. The molecule has 36 heavy (non-hydrogen) atoms. The van der Waals surface area contributed by atoms with E-state index in [0.717, 1.165) is 39.3 Å². The van der Waals surface area contributed by atoms with Crippen LogP contribution in [0.5, 0.6) is 11.5 Å². The summed E-state index contributed by atoms with van der Waals surface area (Å²) in [5.74, 6) is 3.79. The van der Waals surface area contributed by atoms with Crippen molar-refractivity contribution in [3.8, 4) is 28.6 Å². The molecule has 2 heterocycles. The van der Waals surface area contributed by atoms with Gasteiger partial charge in [-0.15, -0.1) is 10.2 Å². The average molecular weight is 500 g/mol. The second-order valence-electron chi connectivity index (χ2n) is 7.82. The molecular formula is C27H25N5O3S. The van der Waals surface area contributed by atoms with E-state index in [4.69, 9.17) is 14.0 Å². The maximum absolute atomic E-state index is 5.71. The number of ether oxygens (including phenoxy) is 2. The number of aromatic nitrogens is 5. The van der Waals surface area contributed by atoms with Crippen LogP contribution in [0, 0.1) is 0 Å². The van der Waals surface area contributed by atoms with Gasteiger partial charge in [-0.05, 0) is 48.9 Å². The molecular weight excluding hydrogens is 474 g/mol. The highest BCUT2D eigenvalue weighted by Gasteiger charge is 2.18. The van der Waals surface area contributed by atoms with Crippen molar-refractivity contribution < 1.29 is 14.0 Å². The summed E-state index contributed by atoms with van der Waals surface area (Å²) < 4.78 is 18.6. The van der Waals surface area contributed by atoms with E-state index in [1.165, 1.54) is 11.8 Å². The maximum atomic E-state index is 5.71. The van der Waals surface area contributed by atoms with Gasteiger partial charge in [0.1, 0.15) is 17.3 Å². The zero-order chi connectivity index (χ0) is 24.7. The van der Waals surface area contributed by atoms with Crippen LogP contribution in [0.15, 0.2) is 88.5 Å². The van der Waals surface area contributed by atoms with Gasteiger partial charge in [-0.1, -0.05) is 59.4 Å². The third-order valence-corrected chi connectivity index (χ3v) is 6.37. The molecule has 0 bridgehead atoms. The first-order chi connectivity index (χ1) is 17.7. The summed E-state index contributed by atoms with van der Waals surface area (Å²) in [5, 5.41) is 13.9. The fourth-order valence-electron chi connectivity index (χ4n) is 3.76. The van der Waals surface area contributed by atoms with Crippen LogP contribution in [0.4, 0.5) is 0 Å². The van der Waals surface area contributed by atoms with Crippen molar-refractivity contribution in [1.82, 2.24) is 24.9 Å². The van der Waals surface area contributed by atoms with Gasteiger partial charge in [0.25, 0.3) is 0 Å². The summed E-state index contributed by atoms with van der Waals surface area (Å²) in [6.45, 7) is 2.50. The van der Waals surface area contributed by atoms with Crippen LogP contribution in [0.1, 0.15) is 24.2 Å². The minimum absolute atomic E-state index is 0.448. The Hall–Kier alpha value is -4.11. The minimum atomic E-state index is 0.448. The second-order valence-corrected chi connectivity index (χ2v) is 8.77. The Morgan fingerprint density at radius 2 is 1.69 bits per heavy atom. The van der Waals surface area contributed by atoms with Gasteiger partial charge in [0, 0.05) is 12.1 Å². The second kappa shape index (κ2) is 11.1. The van der Waals surface area contributed by atoms with Gasteiger partial charge in [0.2, 0.25) is 11.7 Å². The lowest BCUT2D eigenvalue weighted by molar-refractivity contribution is 0.341. The molecule has 5 aromatic rings. The molecule has 0 amide bonds. The van der Waals surface area contributed by atoms with Crippen molar-refractivity contribution in [1.29, 1.82) is 0 Å². The molecule has 0 fully saturated rings. The van der Waals surface area contributed by atoms with Crippen LogP contribution in [0.3, 0.4) is 0 Å². The first kappa shape index (κ1) is 23.6. The van der Waals surface area contributed by atoms with E-state index in [2.05, 4.69) is 37.0 Å². The first-order valence-corrected chi connectivity index (χ1v) is 12.5. The van der Waals surface area contributed by atoms with Crippen LogP contribution in [0.2, 0.25) is 0 Å². The maximum Gasteiger partial charge on any atom is 0.237 e. The van der Waals surface area contributed by atoms with Crippen molar-refractivity contribution in [3.63, 3.8) is 0 Å². The molecule has 0 unspecified atom stereocenters. The lowest BCUT2D eigenvalue weighted by atomic mass is 10.1. The Bertz CT molecular complexity index is 1420. The van der Waals surface area contributed by atoms with Crippen LogP contribution in [-0.4, -0.2) is 38.6 Å². The number of para-hydroxylation sites is 1. The van der Waals surface area contributed by atoms with Crippen LogP contribution < -0.4 is 9.47 Å². The highest BCUT2D eigenvalue weighted by atomic mass is 32.2. The number of rotatable bonds is 10. The SMILES string of the molecule is CCOc1ccccc1-c1noc(CSc2nnc(Cc3ccccc3)n2-c2ccc(OC)cc2)n1. The summed E-state index contributed by atoms with van der Waals surface area (Å²) in [6, 6.07) is 25.7. The predicted octanol–water partition coefficient (Wildman–Crippen LogP) is 5.61. The molecule has 0 radical (unpaired) electrons. The molecule has 0 N–H and O–H groups in total. The van der Waals surface area contributed by atoms with Gasteiger partial charge < -0.3 is 14.0 Å². The largest absolute Gasteiger partial charge is 0.497 e. The van der Waals surface area contributed by atoms with E-state index in [1.54, 1.807) is 7.11 Å². The van der Waals surface area contributed by atoms with Crippen molar-refractivity contribution in [2.24, 2.45) is 0 Å². The van der Waals surface area contributed by atoms with E-state index >= 15 is 0 Å². The lowest BCUT2D eigenvalue weighted by Gasteiger charge is -2.11. The summed E-state index contributed by atoms with van der Waals surface area (Å²) in [7, 11) is 1.65. The Morgan fingerprint density at radius 1 is 0.917 bits per heavy atom. The zero-order valence-corrected chi connectivity index (χ0v) is 20.8. The summed E-state index contributed by atoms with van der Waals surface area (Å²) in [6.07, 6.45) is 0.652. The topological polar surface area (TPSA) is 88.1 Å². The molecule has 0 atom stereocenters. The van der Waals surface area contributed by atoms with E-state index in [1.807, 2.05) is 73.7 Å². The molecule has 0 saturated heterocycles. The van der Waals surface area contributed by atoms with E-state index in [9.17, 15) is 0 Å². The van der Waals surface area contributed by atoms with Crippen LogP contribution in [0.25, 0.3) is 17.1 Å². The quantitative estimate of drug-likeness (QED) is 0.229. The Morgan fingerprint density at radius 3 is 2.47 bits per heavy atom.